The van der Waals surface area contributed by atoms with Crippen molar-refractivity contribution in [3.05, 3.63) is 59.9 Å². The van der Waals surface area contributed by atoms with Crippen LogP contribution in [0.4, 0.5) is 5.69 Å². The lowest BCUT2D eigenvalue weighted by molar-refractivity contribution is 0.482. The zero-order valence-electron chi connectivity index (χ0n) is 9.29. The Labute approximate surface area is 105 Å². The Morgan fingerprint density at radius 2 is 2.22 bits per heavy atom. The van der Waals surface area contributed by atoms with Crippen LogP contribution in [0.1, 0.15) is 5.56 Å². The molecule has 0 saturated carbocycles. The van der Waals surface area contributed by atoms with E-state index in [4.69, 9.17) is 4.55 Å². The highest BCUT2D eigenvalue weighted by Crippen LogP contribution is 2.19. The topological polar surface area (TPSA) is 66.7 Å². The molecule has 0 amide bonds. The fraction of sp³-hybridized carbons (Fsp3) is 0.0769. The van der Waals surface area contributed by atoms with Crippen LogP contribution in [0, 0.1) is 12.1 Å². The minimum atomic E-state index is -4.09. The molecule has 0 spiro atoms. The monoisotopic (exact) mass is 259 g/mol. The van der Waals surface area contributed by atoms with Crippen molar-refractivity contribution in [2.75, 3.05) is 0 Å². The first kappa shape index (κ1) is 12.3. The second-order valence-corrected chi connectivity index (χ2v) is 5.03. The van der Waals surface area contributed by atoms with E-state index in [0.29, 0.717) is 17.0 Å². The second kappa shape index (κ2) is 5.03. The molecule has 0 unspecified atom stereocenters. The van der Waals surface area contributed by atoms with Crippen LogP contribution in [0.3, 0.4) is 0 Å². The molecular formula is C13H9NO3S. The van der Waals surface area contributed by atoms with E-state index in [1.165, 1.54) is 12.1 Å². The third kappa shape index (κ3) is 3.44. The average Bonchev–Trinajstić information content (AvgIpc) is 2.31. The van der Waals surface area contributed by atoms with E-state index in [-0.39, 0.29) is 0 Å². The molecule has 0 fully saturated rings. The molecule has 0 atom stereocenters. The van der Waals surface area contributed by atoms with Crippen molar-refractivity contribution in [2.24, 2.45) is 4.99 Å². The molecule has 1 aliphatic carbocycles. The van der Waals surface area contributed by atoms with Gasteiger partial charge >= 0.3 is 0 Å². The smallest absolute Gasteiger partial charge is 0.269 e. The molecule has 1 aromatic carbocycles. The van der Waals surface area contributed by atoms with E-state index < -0.39 is 15.9 Å². The summed E-state index contributed by atoms with van der Waals surface area (Å²) in [5, 5.41) is 0. The lowest BCUT2D eigenvalue weighted by Crippen LogP contribution is -2.01. The van der Waals surface area contributed by atoms with E-state index in [1.54, 1.807) is 24.3 Å². The number of aliphatic imine (C=N–C) groups is 1. The van der Waals surface area contributed by atoms with Crippen LogP contribution < -0.4 is 0 Å². The third-order valence-electron chi connectivity index (χ3n) is 2.13. The molecule has 1 N–H and O–H groups in total. The van der Waals surface area contributed by atoms with Crippen molar-refractivity contribution >= 4 is 21.5 Å². The van der Waals surface area contributed by atoms with Gasteiger partial charge in [-0.3, -0.25) is 4.55 Å². The maximum Gasteiger partial charge on any atom is 0.269 e. The molecule has 4 nitrogen and oxygen atoms in total. The Morgan fingerprint density at radius 3 is 2.89 bits per heavy atom. The molecular weight excluding hydrogens is 250 g/mol. The first-order valence-electron chi connectivity index (χ1n) is 5.09. The molecule has 0 bridgehead atoms. The minimum Gasteiger partial charge on any atom is -0.285 e. The van der Waals surface area contributed by atoms with E-state index >= 15 is 0 Å². The van der Waals surface area contributed by atoms with Gasteiger partial charge in [0.15, 0.2) is 0 Å². The van der Waals surface area contributed by atoms with E-state index in [2.05, 4.69) is 22.9 Å². The normalized spacial score (nSPS) is 15.9. The largest absolute Gasteiger partial charge is 0.285 e. The van der Waals surface area contributed by atoms with Crippen molar-refractivity contribution < 1.29 is 13.0 Å². The zero-order valence-corrected chi connectivity index (χ0v) is 10.1. The predicted octanol–water partition coefficient (Wildman–Crippen LogP) is 2.03. The fourth-order valence-electron chi connectivity index (χ4n) is 1.41. The van der Waals surface area contributed by atoms with E-state index in [1.807, 2.05) is 0 Å². The molecule has 5 heteroatoms. The molecule has 0 radical (unpaired) electrons. The predicted molar refractivity (Wildman–Crippen MR) is 68.3 cm³/mol. The summed E-state index contributed by atoms with van der Waals surface area (Å²) in [4.78, 5) is 4.23. The Kier molecular flexibility index (Phi) is 3.45. The summed E-state index contributed by atoms with van der Waals surface area (Å²) < 4.78 is 30.6. The maximum absolute atomic E-state index is 10.9. The Morgan fingerprint density at radius 1 is 1.39 bits per heavy atom. The van der Waals surface area contributed by atoms with Crippen LogP contribution in [-0.4, -0.2) is 18.7 Å². The molecule has 2 rings (SSSR count). The highest BCUT2D eigenvalue weighted by molar-refractivity contribution is 7.85. The van der Waals surface area contributed by atoms with Gasteiger partial charge in [-0.25, -0.2) is 4.99 Å². The van der Waals surface area contributed by atoms with Gasteiger partial charge in [-0.15, -0.1) is 5.73 Å². The molecule has 18 heavy (non-hydrogen) atoms. The summed E-state index contributed by atoms with van der Waals surface area (Å²) in [6.07, 6.45) is 6.93. The second-order valence-electron chi connectivity index (χ2n) is 3.58. The number of nitrogens with zero attached hydrogens (tertiary/aromatic N) is 1. The van der Waals surface area contributed by atoms with Crippen LogP contribution in [0.5, 0.6) is 0 Å². The lowest BCUT2D eigenvalue weighted by atomic mass is 10.2. The molecule has 90 valence electrons. The van der Waals surface area contributed by atoms with Gasteiger partial charge in [-0.05, 0) is 30.4 Å². The standard InChI is InChI=1S/C13H9NO3S/c15-18(16,17)10-11-6-4-5-9-13(11)14-12-7-2-1-3-8-12/h1-2,4,6-8H,10H2,(H,15,16,17). The zero-order chi connectivity index (χ0) is 13.0. The van der Waals surface area contributed by atoms with Crippen molar-refractivity contribution in [2.45, 2.75) is 5.75 Å². The molecule has 1 aliphatic rings. The van der Waals surface area contributed by atoms with Gasteiger partial charge in [0, 0.05) is 11.6 Å². The summed E-state index contributed by atoms with van der Waals surface area (Å²) in [5.41, 5.74) is 4.21. The average molecular weight is 259 g/mol. The highest BCUT2D eigenvalue weighted by Gasteiger charge is 2.10. The van der Waals surface area contributed by atoms with Gasteiger partial charge in [0.2, 0.25) is 0 Å². The summed E-state index contributed by atoms with van der Waals surface area (Å²) in [5.74, 6) is -0.492. The first-order valence-corrected chi connectivity index (χ1v) is 6.70. The number of allylic oxidation sites excluding steroid dienone is 3. The Bertz CT molecular complexity index is 678. The number of hydrogen-bond donors (Lipinski definition) is 1. The maximum atomic E-state index is 10.9. The molecule has 0 heterocycles. The Hall–Kier alpha value is -2.12. The van der Waals surface area contributed by atoms with Crippen LogP contribution in [0.15, 0.2) is 47.2 Å². The molecule has 0 aliphatic heterocycles. The van der Waals surface area contributed by atoms with Gasteiger partial charge in [0.05, 0.1) is 5.71 Å². The quantitative estimate of drug-likeness (QED) is 0.667. The third-order valence-corrected chi connectivity index (χ3v) is 2.81. The van der Waals surface area contributed by atoms with Crippen molar-refractivity contribution in [1.29, 1.82) is 0 Å². The minimum absolute atomic E-state index is 0.342. The lowest BCUT2D eigenvalue weighted by Gasteiger charge is -2.01. The van der Waals surface area contributed by atoms with Crippen molar-refractivity contribution in [3.8, 4) is 0 Å². The molecule has 0 aromatic heterocycles. The SMILES string of the molecule is O=S(=O)(O)Cc1ccc#cc1N=C1C=C=CC=C1. The van der Waals surface area contributed by atoms with Gasteiger partial charge in [-0.2, -0.15) is 8.42 Å². The first-order chi connectivity index (χ1) is 8.54. The van der Waals surface area contributed by atoms with Crippen molar-refractivity contribution in [3.63, 3.8) is 0 Å². The summed E-state index contributed by atoms with van der Waals surface area (Å²) >= 11 is 0. The van der Waals surface area contributed by atoms with E-state index in [9.17, 15) is 8.42 Å². The molecule has 0 saturated heterocycles. The van der Waals surface area contributed by atoms with Crippen LogP contribution in [-0.2, 0) is 15.9 Å². The summed E-state index contributed by atoms with van der Waals surface area (Å²) in [6, 6.07) is 8.49. The Balaban J connectivity index is 2.40. The van der Waals surface area contributed by atoms with Gasteiger partial charge < -0.3 is 0 Å². The fourth-order valence-corrected chi connectivity index (χ4v) is 2.03. The van der Waals surface area contributed by atoms with Crippen molar-refractivity contribution in [1.82, 2.24) is 0 Å². The van der Waals surface area contributed by atoms with Crippen LogP contribution >= 0.6 is 0 Å². The number of rotatable bonds is 3. The van der Waals surface area contributed by atoms with E-state index in [0.717, 1.165) is 0 Å². The van der Waals surface area contributed by atoms with Gasteiger partial charge in [-0.1, -0.05) is 12.1 Å². The summed E-state index contributed by atoms with van der Waals surface area (Å²) in [7, 11) is -4.09. The van der Waals surface area contributed by atoms with Gasteiger partial charge in [0.25, 0.3) is 10.1 Å². The number of hydrogen-bond acceptors (Lipinski definition) is 3. The van der Waals surface area contributed by atoms with Gasteiger partial charge in [0.1, 0.15) is 11.4 Å². The molecule has 1 aromatic rings. The van der Waals surface area contributed by atoms with Crippen LogP contribution in [0.2, 0.25) is 0 Å². The summed E-state index contributed by atoms with van der Waals surface area (Å²) in [6.45, 7) is 0. The highest BCUT2D eigenvalue weighted by atomic mass is 32.2. The van der Waals surface area contributed by atoms with Crippen LogP contribution in [0.25, 0.3) is 0 Å².